The van der Waals surface area contributed by atoms with E-state index in [2.05, 4.69) is 43.0 Å². The van der Waals surface area contributed by atoms with Crippen LogP contribution in [0.2, 0.25) is 0 Å². The van der Waals surface area contributed by atoms with Crippen LogP contribution >= 0.6 is 0 Å². The molecule has 2 aliphatic carbocycles. The van der Waals surface area contributed by atoms with Crippen molar-refractivity contribution in [2.24, 2.45) is 0 Å². The van der Waals surface area contributed by atoms with Gasteiger partial charge in [0.1, 0.15) is 17.7 Å². The van der Waals surface area contributed by atoms with Gasteiger partial charge in [-0.2, -0.15) is 10.5 Å². The Morgan fingerprint density at radius 2 is 1.79 bits per heavy atom. The van der Waals surface area contributed by atoms with Gasteiger partial charge in [0.05, 0.1) is 0 Å². The third-order valence-electron chi connectivity index (χ3n) is 7.49. The van der Waals surface area contributed by atoms with E-state index < -0.39 is 0 Å². The van der Waals surface area contributed by atoms with Crippen molar-refractivity contribution in [3.05, 3.63) is 93.7 Å². The number of para-hydroxylation sites is 1. The number of anilines is 1. The van der Waals surface area contributed by atoms with Crippen LogP contribution < -0.4 is 4.90 Å². The molecule has 1 aliphatic heterocycles. The van der Waals surface area contributed by atoms with E-state index in [4.69, 9.17) is 0 Å². The van der Waals surface area contributed by atoms with Gasteiger partial charge >= 0.3 is 0 Å². The lowest BCUT2D eigenvalue weighted by molar-refractivity contribution is 0.104. The largest absolute Gasteiger partial charge is 0.344 e. The molecule has 2 aromatic carbocycles. The number of nitriles is 2. The minimum atomic E-state index is -0.110. The number of carbonyl (C=O) groups excluding carboxylic acids is 1. The first-order valence-electron chi connectivity index (χ1n) is 12.1. The first-order valence-corrected chi connectivity index (χ1v) is 12.1. The van der Waals surface area contributed by atoms with Crippen molar-refractivity contribution in [1.82, 2.24) is 0 Å². The smallest absolute Gasteiger partial charge is 0.194 e. The summed E-state index contributed by atoms with van der Waals surface area (Å²) in [6, 6.07) is 20.0. The number of hydrogen-bond donors (Lipinski definition) is 0. The fourth-order valence-electron chi connectivity index (χ4n) is 5.96. The predicted molar refractivity (Wildman–Crippen MR) is 134 cm³/mol. The SMILES string of the molecule is CCCCN1C2=C(/C=C3\C(=O)c4ccccc4C3=C(C#N)C#N)CCC[C@]2(C)c2ccccc21. The fourth-order valence-corrected chi connectivity index (χ4v) is 5.96. The molecule has 4 nitrogen and oxygen atoms in total. The number of unbranched alkanes of at least 4 members (excludes halogenated alkanes) is 1. The summed E-state index contributed by atoms with van der Waals surface area (Å²) in [5.74, 6) is -0.107. The second kappa shape index (κ2) is 8.47. The summed E-state index contributed by atoms with van der Waals surface area (Å²) in [4.78, 5) is 16.0. The predicted octanol–water partition coefficient (Wildman–Crippen LogP) is 6.63. The quantitative estimate of drug-likeness (QED) is 0.391. The van der Waals surface area contributed by atoms with Gasteiger partial charge in [0, 0.05) is 40.1 Å². The molecule has 0 spiro atoms. The molecule has 3 aliphatic rings. The highest BCUT2D eigenvalue weighted by molar-refractivity contribution is 6.28. The second-order valence-electron chi connectivity index (χ2n) is 9.49. The van der Waals surface area contributed by atoms with E-state index in [9.17, 15) is 15.3 Å². The van der Waals surface area contributed by atoms with E-state index in [1.54, 1.807) is 6.07 Å². The van der Waals surface area contributed by atoms with Crippen LogP contribution in [0.15, 0.2) is 77.0 Å². The Morgan fingerprint density at radius 3 is 2.53 bits per heavy atom. The minimum absolute atomic E-state index is 0.00808. The molecule has 2 aromatic rings. The summed E-state index contributed by atoms with van der Waals surface area (Å²) in [7, 11) is 0. The van der Waals surface area contributed by atoms with Crippen LogP contribution in [0.3, 0.4) is 0 Å². The lowest BCUT2D eigenvalue weighted by Gasteiger charge is -2.36. The molecule has 1 atom stereocenters. The van der Waals surface area contributed by atoms with Crippen LogP contribution in [0.1, 0.15) is 67.4 Å². The molecule has 0 amide bonds. The number of carbonyl (C=O) groups is 1. The maximum Gasteiger partial charge on any atom is 0.194 e. The molecule has 0 unspecified atom stereocenters. The Labute approximate surface area is 201 Å². The summed E-state index contributed by atoms with van der Waals surface area (Å²) in [5, 5.41) is 19.4. The molecule has 0 radical (unpaired) electrons. The maximum absolute atomic E-state index is 13.5. The molecule has 4 heteroatoms. The van der Waals surface area contributed by atoms with Crippen LogP contribution in [0.25, 0.3) is 5.57 Å². The zero-order valence-corrected chi connectivity index (χ0v) is 19.7. The molecular weight excluding hydrogens is 418 g/mol. The number of allylic oxidation sites excluding steroid dienone is 6. The zero-order valence-electron chi connectivity index (χ0n) is 19.7. The van der Waals surface area contributed by atoms with Crippen molar-refractivity contribution in [2.45, 2.75) is 51.4 Å². The van der Waals surface area contributed by atoms with Gasteiger partial charge in [0.15, 0.2) is 5.78 Å². The van der Waals surface area contributed by atoms with Crippen molar-refractivity contribution in [2.75, 3.05) is 11.4 Å². The average Bonchev–Trinajstić information content (AvgIpc) is 3.28. The number of Topliss-reactive ketones (excluding diaryl/α,β-unsaturated/α-hetero) is 1. The van der Waals surface area contributed by atoms with E-state index in [1.807, 2.05) is 36.4 Å². The summed E-state index contributed by atoms with van der Waals surface area (Å²) < 4.78 is 0. The monoisotopic (exact) mass is 445 g/mol. The van der Waals surface area contributed by atoms with Gasteiger partial charge < -0.3 is 4.90 Å². The summed E-state index contributed by atoms with van der Waals surface area (Å²) in [6.45, 7) is 5.46. The Bertz CT molecular complexity index is 1360. The van der Waals surface area contributed by atoms with Crippen molar-refractivity contribution >= 4 is 17.0 Å². The van der Waals surface area contributed by atoms with Crippen molar-refractivity contribution in [3.63, 3.8) is 0 Å². The van der Waals surface area contributed by atoms with E-state index in [-0.39, 0.29) is 16.8 Å². The van der Waals surface area contributed by atoms with Crippen LogP contribution in [0.4, 0.5) is 5.69 Å². The zero-order chi connectivity index (χ0) is 23.9. The van der Waals surface area contributed by atoms with Gasteiger partial charge in [-0.25, -0.2) is 0 Å². The number of benzene rings is 2. The highest BCUT2D eigenvalue weighted by atomic mass is 16.1. The normalized spacial score (nSPS) is 21.8. The maximum atomic E-state index is 13.5. The summed E-state index contributed by atoms with van der Waals surface area (Å²) in [6.07, 6.45) is 7.14. The molecule has 0 aromatic heterocycles. The van der Waals surface area contributed by atoms with Crippen LogP contribution in [0, 0.1) is 22.7 Å². The van der Waals surface area contributed by atoms with E-state index >= 15 is 0 Å². The van der Waals surface area contributed by atoms with Gasteiger partial charge in [0.2, 0.25) is 0 Å². The third kappa shape index (κ3) is 3.14. The van der Waals surface area contributed by atoms with Crippen molar-refractivity contribution in [1.29, 1.82) is 10.5 Å². The number of ketones is 1. The minimum Gasteiger partial charge on any atom is -0.344 e. The molecule has 0 saturated carbocycles. The number of hydrogen-bond acceptors (Lipinski definition) is 4. The number of rotatable bonds is 4. The first kappa shape index (κ1) is 21.9. The number of fused-ring (bicyclic) bond motifs is 4. The van der Waals surface area contributed by atoms with Crippen molar-refractivity contribution < 1.29 is 4.79 Å². The molecule has 168 valence electrons. The molecule has 5 rings (SSSR count). The van der Waals surface area contributed by atoms with Gasteiger partial charge in [-0.1, -0.05) is 55.8 Å². The van der Waals surface area contributed by atoms with E-state index in [1.165, 1.54) is 16.9 Å². The third-order valence-corrected chi connectivity index (χ3v) is 7.49. The van der Waals surface area contributed by atoms with Gasteiger partial charge in [-0.15, -0.1) is 0 Å². The summed E-state index contributed by atoms with van der Waals surface area (Å²) >= 11 is 0. The molecular formula is C30H27N3O. The lowest BCUT2D eigenvalue weighted by atomic mass is 9.71. The molecule has 0 N–H and O–H groups in total. The van der Waals surface area contributed by atoms with E-state index in [0.29, 0.717) is 22.3 Å². The number of nitrogens with zero attached hydrogens (tertiary/aromatic N) is 3. The molecule has 0 fully saturated rings. The lowest BCUT2D eigenvalue weighted by Crippen LogP contribution is -2.33. The molecule has 0 saturated heterocycles. The van der Waals surface area contributed by atoms with Crippen LogP contribution in [0.5, 0.6) is 0 Å². The second-order valence-corrected chi connectivity index (χ2v) is 9.49. The fraction of sp³-hybridized carbons (Fsp3) is 0.300. The Hall–Kier alpha value is -3.89. The topological polar surface area (TPSA) is 67.9 Å². The molecule has 1 heterocycles. The standard InChI is InChI=1S/C30H27N3O/c1-3-4-16-33-26-14-8-7-13-25(26)30(2)15-9-10-20(29(30)33)17-24-27(21(18-31)19-32)22-11-5-6-12-23(22)28(24)34/h5-8,11-14,17H,3-4,9-10,15-16H2,1-2H3/b24-17-/t30-/m1/s1. The summed E-state index contributed by atoms with van der Waals surface area (Å²) in [5.41, 5.74) is 7.10. The molecule has 0 bridgehead atoms. The molecule has 34 heavy (non-hydrogen) atoms. The van der Waals surface area contributed by atoms with E-state index in [0.717, 1.165) is 44.2 Å². The highest BCUT2D eigenvalue weighted by Crippen LogP contribution is 2.55. The first-order chi connectivity index (χ1) is 16.5. The van der Waals surface area contributed by atoms with Gasteiger partial charge in [0.25, 0.3) is 0 Å². The van der Waals surface area contributed by atoms with Crippen molar-refractivity contribution in [3.8, 4) is 12.1 Å². The Kier molecular flexibility index (Phi) is 5.46. The Balaban J connectivity index is 1.75. The van der Waals surface area contributed by atoms with Gasteiger partial charge in [-0.05, 0) is 61.4 Å². The van der Waals surface area contributed by atoms with Crippen LogP contribution in [-0.2, 0) is 5.41 Å². The van der Waals surface area contributed by atoms with Crippen LogP contribution in [-0.4, -0.2) is 12.3 Å². The average molecular weight is 446 g/mol. The van der Waals surface area contributed by atoms with Gasteiger partial charge in [-0.3, -0.25) is 4.79 Å². The highest BCUT2D eigenvalue weighted by Gasteiger charge is 2.46. The Morgan fingerprint density at radius 1 is 1.09 bits per heavy atom.